The second kappa shape index (κ2) is 8.14. The van der Waals surface area contributed by atoms with E-state index < -0.39 is 0 Å². The summed E-state index contributed by atoms with van der Waals surface area (Å²) in [7, 11) is 0. The molecule has 4 N–H and O–H groups in total. The van der Waals surface area contributed by atoms with E-state index in [0.29, 0.717) is 24.6 Å². The molecule has 2 heterocycles. The number of anilines is 2. The van der Waals surface area contributed by atoms with Crippen molar-refractivity contribution in [1.82, 2.24) is 19.5 Å². The van der Waals surface area contributed by atoms with Gasteiger partial charge in [-0.3, -0.25) is 0 Å². The van der Waals surface area contributed by atoms with Gasteiger partial charge in [0, 0.05) is 24.7 Å². The van der Waals surface area contributed by atoms with Crippen LogP contribution < -0.4 is 16.4 Å². The van der Waals surface area contributed by atoms with Crippen molar-refractivity contribution in [2.75, 3.05) is 10.6 Å². The molecule has 0 saturated heterocycles. The lowest BCUT2D eigenvalue weighted by Gasteiger charge is -2.27. The molecule has 0 atom stereocenters. The maximum absolute atomic E-state index is 6.04. The molecule has 0 bridgehead atoms. The summed E-state index contributed by atoms with van der Waals surface area (Å²) < 4.78 is 2.09. The average molecular weight is 380 g/mol. The molecule has 0 unspecified atom stereocenters. The molecular weight excluding hydrogens is 350 g/mol. The van der Waals surface area contributed by atoms with Gasteiger partial charge in [0.05, 0.1) is 6.33 Å². The zero-order valence-corrected chi connectivity index (χ0v) is 16.6. The summed E-state index contributed by atoms with van der Waals surface area (Å²) in [5, 5.41) is 6.98. The van der Waals surface area contributed by atoms with Gasteiger partial charge in [-0.1, -0.05) is 30.3 Å². The SMILES string of the molecule is CC(C)n1cnc2c(NCc3ccccc3)nc(NC3CCC(N)CC3)nc21. The van der Waals surface area contributed by atoms with Gasteiger partial charge in [0.2, 0.25) is 5.95 Å². The van der Waals surface area contributed by atoms with Crippen LogP contribution in [0.15, 0.2) is 36.7 Å². The van der Waals surface area contributed by atoms with Crippen molar-refractivity contribution in [2.45, 2.75) is 64.2 Å². The predicted molar refractivity (Wildman–Crippen MR) is 113 cm³/mol. The fraction of sp³-hybridized carbons (Fsp3) is 0.476. The van der Waals surface area contributed by atoms with E-state index in [1.54, 1.807) is 0 Å². The van der Waals surface area contributed by atoms with Gasteiger partial charge in [0.25, 0.3) is 0 Å². The topological polar surface area (TPSA) is 93.7 Å². The molecule has 7 heteroatoms. The van der Waals surface area contributed by atoms with Crippen LogP contribution in [-0.2, 0) is 6.54 Å². The number of hydrogen-bond acceptors (Lipinski definition) is 6. The summed E-state index contributed by atoms with van der Waals surface area (Å²) in [6.45, 7) is 4.96. The molecule has 3 aromatic rings. The van der Waals surface area contributed by atoms with E-state index in [9.17, 15) is 0 Å². The third-order valence-electron chi connectivity index (χ3n) is 5.39. The second-order valence-electron chi connectivity index (χ2n) is 7.91. The molecule has 0 spiro atoms. The molecule has 2 aromatic heterocycles. The minimum Gasteiger partial charge on any atom is -0.364 e. The van der Waals surface area contributed by atoms with Crippen LogP contribution in [0.4, 0.5) is 11.8 Å². The van der Waals surface area contributed by atoms with E-state index in [0.717, 1.165) is 42.7 Å². The van der Waals surface area contributed by atoms with Gasteiger partial charge < -0.3 is 20.9 Å². The molecule has 0 radical (unpaired) electrons. The minimum absolute atomic E-state index is 0.280. The van der Waals surface area contributed by atoms with Crippen molar-refractivity contribution in [2.24, 2.45) is 5.73 Å². The van der Waals surface area contributed by atoms with Crippen LogP contribution in [0.25, 0.3) is 11.2 Å². The lowest BCUT2D eigenvalue weighted by atomic mass is 9.92. The lowest BCUT2D eigenvalue weighted by molar-refractivity contribution is 0.410. The molecule has 0 amide bonds. The highest BCUT2D eigenvalue weighted by atomic mass is 15.2. The van der Waals surface area contributed by atoms with Gasteiger partial charge in [-0.15, -0.1) is 0 Å². The van der Waals surface area contributed by atoms with E-state index in [4.69, 9.17) is 15.7 Å². The summed E-state index contributed by atoms with van der Waals surface area (Å²) in [5.74, 6) is 1.43. The number of nitrogens with one attached hydrogen (secondary N) is 2. The first kappa shape index (κ1) is 18.7. The zero-order valence-electron chi connectivity index (χ0n) is 16.6. The fourth-order valence-electron chi connectivity index (χ4n) is 3.71. The summed E-state index contributed by atoms with van der Waals surface area (Å²) in [6, 6.07) is 11.3. The number of hydrogen-bond donors (Lipinski definition) is 3. The first-order valence-corrected chi connectivity index (χ1v) is 10.1. The maximum atomic E-state index is 6.04. The van der Waals surface area contributed by atoms with Crippen LogP contribution in [0.1, 0.15) is 51.1 Å². The molecular formula is C21H29N7. The Morgan fingerprint density at radius 2 is 1.86 bits per heavy atom. The number of nitrogens with two attached hydrogens (primary N) is 1. The Morgan fingerprint density at radius 3 is 2.57 bits per heavy atom. The number of fused-ring (bicyclic) bond motifs is 1. The third-order valence-corrected chi connectivity index (χ3v) is 5.39. The molecule has 4 rings (SSSR count). The van der Waals surface area contributed by atoms with Crippen LogP contribution in [0, 0.1) is 0 Å². The lowest BCUT2D eigenvalue weighted by Crippen LogP contribution is -2.33. The molecule has 1 aliphatic rings. The van der Waals surface area contributed by atoms with Crippen molar-refractivity contribution in [1.29, 1.82) is 0 Å². The highest BCUT2D eigenvalue weighted by Crippen LogP contribution is 2.26. The molecule has 1 aliphatic carbocycles. The summed E-state index contributed by atoms with van der Waals surface area (Å²) in [4.78, 5) is 14.1. The number of nitrogens with zero attached hydrogens (tertiary/aromatic N) is 4. The van der Waals surface area contributed by atoms with Gasteiger partial charge in [-0.2, -0.15) is 9.97 Å². The van der Waals surface area contributed by atoms with Crippen molar-refractivity contribution in [3.05, 3.63) is 42.2 Å². The van der Waals surface area contributed by atoms with Crippen LogP contribution in [0.5, 0.6) is 0 Å². The van der Waals surface area contributed by atoms with Crippen LogP contribution >= 0.6 is 0 Å². The quantitative estimate of drug-likeness (QED) is 0.605. The molecule has 1 fully saturated rings. The Bertz CT molecular complexity index is 911. The van der Waals surface area contributed by atoms with Crippen molar-refractivity contribution in [3.63, 3.8) is 0 Å². The van der Waals surface area contributed by atoms with Gasteiger partial charge in [-0.05, 0) is 45.1 Å². The van der Waals surface area contributed by atoms with E-state index in [2.05, 4.69) is 46.2 Å². The number of imidazole rings is 1. The number of benzene rings is 1. The first-order valence-electron chi connectivity index (χ1n) is 10.1. The Kier molecular flexibility index (Phi) is 5.43. The van der Waals surface area contributed by atoms with E-state index in [1.165, 1.54) is 5.56 Å². The third kappa shape index (κ3) is 4.09. The smallest absolute Gasteiger partial charge is 0.227 e. The van der Waals surface area contributed by atoms with E-state index >= 15 is 0 Å². The van der Waals surface area contributed by atoms with Gasteiger partial charge in [-0.25, -0.2) is 4.98 Å². The highest BCUT2D eigenvalue weighted by molar-refractivity contribution is 5.84. The van der Waals surface area contributed by atoms with Crippen LogP contribution in [0.3, 0.4) is 0 Å². The van der Waals surface area contributed by atoms with Crippen molar-refractivity contribution in [3.8, 4) is 0 Å². The number of rotatable bonds is 6. The van der Waals surface area contributed by atoms with Crippen molar-refractivity contribution < 1.29 is 0 Å². The molecule has 1 saturated carbocycles. The van der Waals surface area contributed by atoms with E-state index in [-0.39, 0.29) is 6.04 Å². The molecule has 1 aromatic carbocycles. The summed E-state index contributed by atoms with van der Waals surface area (Å²) >= 11 is 0. The highest BCUT2D eigenvalue weighted by Gasteiger charge is 2.21. The standard InChI is InChI=1S/C21H29N7/c1-14(2)28-13-24-18-19(23-12-15-6-4-3-5-7-15)26-21(27-20(18)28)25-17-10-8-16(22)9-11-17/h3-7,13-14,16-17H,8-12,22H2,1-2H3,(H2,23,25,26,27). The Morgan fingerprint density at radius 1 is 1.11 bits per heavy atom. The molecule has 7 nitrogen and oxygen atoms in total. The fourth-order valence-corrected chi connectivity index (χ4v) is 3.71. The average Bonchev–Trinajstić information content (AvgIpc) is 3.13. The second-order valence-corrected chi connectivity index (χ2v) is 7.91. The summed E-state index contributed by atoms with van der Waals surface area (Å²) in [6.07, 6.45) is 6.05. The van der Waals surface area contributed by atoms with E-state index in [1.807, 2.05) is 24.5 Å². The zero-order chi connectivity index (χ0) is 19.5. The first-order chi connectivity index (χ1) is 13.6. The summed E-state index contributed by atoms with van der Waals surface area (Å²) in [5.41, 5.74) is 8.91. The van der Waals surface area contributed by atoms with Gasteiger partial charge in [0.15, 0.2) is 17.0 Å². The predicted octanol–water partition coefficient (Wildman–Crippen LogP) is 3.70. The maximum Gasteiger partial charge on any atom is 0.227 e. The Balaban J connectivity index is 1.62. The molecule has 0 aliphatic heterocycles. The minimum atomic E-state index is 0.280. The Hall–Kier alpha value is -2.67. The molecule has 148 valence electrons. The van der Waals surface area contributed by atoms with Crippen molar-refractivity contribution >= 4 is 22.9 Å². The number of aromatic nitrogens is 4. The van der Waals surface area contributed by atoms with Gasteiger partial charge >= 0.3 is 0 Å². The molecule has 28 heavy (non-hydrogen) atoms. The normalized spacial score (nSPS) is 19.9. The monoisotopic (exact) mass is 379 g/mol. The van der Waals surface area contributed by atoms with Gasteiger partial charge in [0.1, 0.15) is 0 Å². The van der Waals surface area contributed by atoms with Crippen LogP contribution in [0.2, 0.25) is 0 Å². The Labute approximate surface area is 165 Å². The largest absolute Gasteiger partial charge is 0.364 e. The van der Waals surface area contributed by atoms with Crippen LogP contribution in [-0.4, -0.2) is 31.6 Å².